The molecule has 4 aliphatic carbocycles. The Kier molecular flexibility index (Phi) is 9.13. The summed E-state index contributed by atoms with van der Waals surface area (Å²) in [5, 5.41) is 7.98. The number of likely N-dealkylation sites (N-methyl/N-ethyl adjacent to an activating group) is 1. The van der Waals surface area contributed by atoms with Crippen LogP contribution in [0.2, 0.25) is 0 Å². The van der Waals surface area contributed by atoms with Crippen LogP contribution in [0.1, 0.15) is 51.0 Å². The lowest BCUT2D eigenvalue weighted by Crippen LogP contribution is -2.59. The number of ether oxygens (including phenoxy) is 1. The van der Waals surface area contributed by atoms with E-state index in [4.69, 9.17) is 4.74 Å². The molecule has 0 spiro atoms. The summed E-state index contributed by atoms with van der Waals surface area (Å²) in [4.78, 5) is 46.4. The molecular weight excluding hydrogens is 668 g/mol. The van der Waals surface area contributed by atoms with Crippen LogP contribution in [0, 0.1) is 23.2 Å². The van der Waals surface area contributed by atoms with E-state index in [1.165, 1.54) is 19.3 Å². The van der Waals surface area contributed by atoms with E-state index in [0.717, 1.165) is 40.1 Å². The van der Waals surface area contributed by atoms with E-state index in [-0.39, 0.29) is 43.2 Å². The Bertz CT molecular complexity index is 1650. The third kappa shape index (κ3) is 5.69. The van der Waals surface area contributed by atoms with Gasteiger partial charge in [-0.1, -0.05) is 40.2 Å². The molecule has 0 unspecified atom stereocenters. The number of fused-ring (bicyclic) bond motifs is 2. The monoisotopic (exact) mass is 708 g/mol. The number of carbonyl (C=O) groups is 3. The molecule has 3 aromatic rings. The average Bonchev–Trinajstić information content (AvgIpc) is 3.14. The Morgan fingerprint density at radius 1 is 1.00 bits per heavy atom. The number of methoxy groups -OCH3 is 1. The molecule has 10 heteroatoms. The normalized spacial score (nSPS) is 27.1. The maximum absolute atomic E-state index is 14.9. The number of benzene rings is 3. The molecule has 5 aliphatic rings. The van der Waals surface area contributed by atoms with Gasteiger partial charge >= 0.3 is 0 Å². The van der Waals surface area contributed by atoms with Crippen LogP contribution in [-0.2, 0) is 20.9 Å². The van der Waals surface area contributed by atoms with Crippen molar-refractivity contribution in [2.45, 2.75) is 64.1 Å². The SMILES string of the molecule is CN[C@@H](C)C(=O)N[C@H]1CN(C(=O)C23CC4CC(CC(C4)C2)C3)c2ccccc2N(Cc2c(OC)ccc3cc(Br)ccc23)C1=O.Cl. The second-order valence-corrected chi connectivity index (χ2v) is 14.6. The Hall–Kier alpha value is -3.14. The van der Waals surface area contributed by atoms with Crippen molar-refractivity contribution in [1.29, 1.82) is 0 Å². The molecule has 46 heavy (non-hydrogen) atoms. The fraction of sp³-hybridized carbons (Fsp3) is 0.472. The number of anilines is 2. The highest BCUT2D eigenvalue weighted by molar-refractivity contribution is 9.10. The standard InChI is InChI=1S/C36H41BrN4O4.ClH/c1-21(38-2)33(42)39-29-20-41(35(44)36-16-22-12-23(17-36)14-24(13-22)18-36)31-7-5-4-6-30(31)40(34(29)43)19-28-27-10-9-26(37)15-25(27)8-11-32(28)45-3;/h4-11,15,21-24,29,38H,12-14,16-20H2,1-3H3,(H,39,42);1H/t21-,22?,23?,24?,29-,36?;/m0./s1. The van der Waals surface area contributed by atoms with Gasteiger partial charge in [0.05, 0.1) is 43.0 Å². The predicted octanol–water partition coefficient (Wildman–Crippen LogP) is 6.22. The topological polar surface area (TPSA) is 91.0 Å². The smallest absolute Gasteiger partial charge is 0.251 e. The summed E-state index contributed by atoms with van der Waals surface area (Å²) in [5.41, 5.74) is 1.83. The molecule has 8 rings (SSSR count). The quantitative estimate of drug-likeness (QED) is 0.304. The number of rotatable bonds is 7. The van der Waals surface area contributed by atoms with Gasteiger partial charge in [0.2, 0.25) is 11.8 Å². The molecule has 4 bridgehead atoms. The Labute approximate surface area is 285 Å². The molecule has 244 valence electrons. The molecule has 8 nitrogen and oxygen atoms in total. The van der Waals surface area contributed by atoms with Crippen LogP contribution in [0.4, 0.5) is 11.4 Å². The van der Waals surface area contributed by atoms with Crippen LogP contribution in [0.25, 0.3) is 10.8 Å². The molecule has 0 radical (unpaired) electrons. The fourth-order valence-electron chi connectivity index (χ4n) is 8.99. The van der Waals surface area contributed by atoms with Gasteiger partial charge < -0.3 is 25.2 Å². The summed E-state index contributed by atoms with van der Waals surface area (Å²) in [6, 6.07) is 16.3. The minimum Gasteiger partial charge on any atom is -0.496 e. The van der Waals surface area contributed by atoms with Gasteiger partial charge in [0.25, 0.3) is 5.91 Å². The number of hydrogen-bond acceptors (Lipinski definition) is 5. The zero-order valence-electron chi connectivity index (χ0n) is 26.6. The van der Waals surface area contributed by atoms with E-state index in [2.05, 4.69) is 26.6 Å². The minimum absolute atomic E-state index is 0. The zero-order valence-corrected chi connectivity index (χ0v) is 29.0. The van der Waals surface area contributed by atoms with Crippen molar-refractivity contribution in [3.63, 3.8) is 0 Å². The summed E-state index contributed by atoms with van der Waals surface area (Å²) in [6.07, 6.45) is 6.47. The van der Waals surface area contributed by atoms with Gasteiger partial charge in [0, 0.05) is 10.0 Å². The maximum atomic E-state index is 14.9. The lowest BCUT2D eigenvalue weighted by Gasteiger charge is -2.56. The third-order valence-corrected chi connectivity index (χ3v) is 11.4. The van der Waals surface area contributed by atoms with Crippen molar-refractivity contribution in [2.75, 3.05) is 30.5 Å². The summed E-state index contributed by atoms with van der Waals surface area (Å²) in [7, 11) is 3.35. The summed E-state index contributed by atoms with van der Waals surface area (Å²) < 4.78 is 6.78. The zero-order chi connectivity index (χ0) is 31.5. The Morgan fingerprint density at radius 3 is 2.28 bits per heavy atom. The molecule has 4 saturated carbocycles. The van der Waals surface area contributed by atoms with Gasteiger partial charge in [-0.2, -0.15) is 0 Å². The van der Waals surface area contributed by atoms with Gasteiger partial charge in [-0.25, -0.2) is 0 Å². The van der Waals surface area contributed by atoms with Crippen molar-refractivity contribution >= 4 is 68.2 Å². The van der Waals surface area contributed by atoms with Gasteiger partial charge in [-0.3, -0.25) is 14.4 Å². The maximum Gasteiger partial charge on any atom is 0.251 e. The molecule has 2 N–H and O–H groups in total. The van der Waals surface area contributed by atoms with E-state index in [0.29, 0.717) is 34.9 Å². The second-order valence-electron chi connectivity index (χ2n) is 13.7. The fourth-order valence-corrected chi connectivity index (χ4v) is 9.37. The number of hydrogen-bond donors (Lipinski definition) is 2. The average molecular weight is 710 g/mol. The molecule has 3 amide bonds. The highest BCUT2D eigenvalue weighted by atomic mass is 79.9. The van der Waals surface area contributed by atoms with Crippen LogP contribution in [0.3, 0.4) is 0 Å². The van der Waals surface area contributed by atoms with E-state index in [1.807, 2.05) is 59.5 Å². The van der Waals surface area contributed by atoms with E-state index >= 15 is 0 Å². The largest absolute Gasteiger partial charge is 0.496 e. The number of halogens is 2. The van der Waals surface area contributed by atoms with Crippen molar-refractivity contribution in [3.8, 4) is 5.75 Å². The predicted molar refractivity (Wildman–Crippen MR) is 186 cm³/mol. The molecule has 4 fully saturated rings. The Morgan fingerprint density at radius 2 is 1.65 bits per heavy atom. The molecule has 3 aromatic carbocycles. The first-order valence-corrected chi connectivity index (χ1v) is 16.9. The van der Waals surface area contributed by atoms with Crippen LogP contribution < -0.4 is 25.2 Å². The lowest BCUT2D eigenvalue weighted by molar-refractivity contribution is -0.143. The summed E-state index contributed by atoms with van der Waals surface area (Å²) >= 11 is 3.58. The molecule has 0 aromatic heterocycles. The number of para-hydroxylation sites is 2. The molecular formula is C36H42BrClN4O4. The first-order valence-electron chi connectivity index (χ1n) is 16.1. The number of nitrogens with one attached hydrogen (secondary N) is 2. The first kappa shape index (κ1) is 32.8. The minimum atomic E-state index is -0.923. The summed E-state index contributed by atoms with van der Waals surface area (Å²) in [6.45, 7) is 2.07. The van der Waals surface area contributed by atoms with E-state index < -0.39 is 17.5 Å². The molecule has 1 aliphatic heterocycles. The van der Waals surface area contributed by atoms with Crippen LogP contribution >= 0.6 is 28.3 Å². The highest BCUT2D eigenvalue weighted by Gasteiger charge is 2.56. The summed E-state index contributed by atoms with van der Waals surface area (Å²) in [5.74, 6) is 2.05. The van der Waals surface area contributed by atoms with Crippen LogP contribution in [0.5, 0.6) is 5.75 Å². The van der Waals surface area contributed by atoms with Gasteiger partial charge in [0.1, 0.15) is 11.8 Å². The van der Waals surface area contributed by atoms with Crippen molar-refractivity contribution < 1.29 is 19.1 Å². The van der Waals surface area contributed by atoms with Gasteiger partial charge in [-0.05, 0) is 111 Å². The Balaban J connectivity index is 0.00000372. The molecule has 0 saturated heterocycles. The highest BCUT2D eigenvalue weighted by Crippen LogP contribution is 2.61. The number of nitrogens with zero attached hydrogens (tertiary/aromatic N) is 2. The van der Waals surface area contributed by atoms with Crippen molar-refractivity contribution in [1.82, 2.24) is 10.6 Å². The van der Waals surface area contributed by atoms with E-state index in [9.17, 15) is 14.4 Å². The van der Waals surface area contributed by atoms with Gasteiger partial charge in [0.15, 0.2) is 0 Å². The lowest BCUT2D eigenvalue weighted by atomic mass is 9.49. The molecule has 2 atom stereocenters. The van der Waals surface area contributed by atoms with Crippen LogP contribution in [-0.4, -0.2) is 50.5 Å². The van der Waals surface area contributed by atoms with E-state index in [1.54, 1.807) is 26.0 Å². The number of carbonyl (C=O) groups excluding carboxylic acids is 3. The first-order chi connectivity index (χ1) is 21.7. The van der Waals surface area contributed by atoms with Crippen LogP contribution in [0.15, 0.2) is 59.1 Å². The van der Waals surface area contributed by atoms with Crippen molar-refractivity contribution in [3.05, 3.63) is 64.6 Å². The van der Waals surface area contributed by atoms with Crippen molar-refractivity contribution in [2.24, 2.45) is 23.2 Å². The molecule has 1 heterocycles. The second kappa shape index (κ2) is 12.8. The number of amides is 3. The van der Waals surface area contributed by atoms with Gasteiger partial charge in [-0.15, -0.1) is 12.4 Å². The third-order valence-electron chi connectivity index (χ3n) is 10.9.